The van der Waals surface area contributed by atoms with E-state index in [1.165, 1.54) is 23.8 Å². The molecular formula is C25H33N5O3S. The van der Waals surface area contributed by atoms with Gasteiger partial charge in [0.15, 0.2) is 10.9 Å². The van der Waals surface area contributed by atoms with Crippen molar-refractivity contribution in [2.45, 2.75) is 58.0 Å². The molecule has 4 rings (SSSR count). The van der Waals surface area contributed by atoms with Gasteiger partial charge in [0, 0.05) is 32.1 Å². The van der Waals surface area contributed by atoms with Crippen LogP contribution in [0.5, 0.6) is 0 Å². The van der Waals surface area contributed by atoms with E-state index >= 15 is 0 Å². The van der Waals surface area contributed by atoms with Gasteiger partial charge in [-0.25, -0.2) is 9.78 Å². The van der Waals surface area contributed by atoms with E-state index in [1.807, 2.05) is 18.2 Å². The van der Waals surface area contributed by atoms with Crippen molar-refractivity contribution in [2.24, 2.45) is 5.92 Å². The zero-order valence-corrected chi connectivity index (χ0v) is 20.6. The highest BCUT2D eigenvalue weighted by Crippen LogP contribution is 2.32. The van der Waals surface area contributed by atoms with Gasteiger partial charge in [-0.1, -0.05) is 54.5 Å². The van der Waals surface area contributed by atoms with Gasteiger partial charge in [-0.05, 0) is 37.7 Å². The molecule has 2 aliphatic rings. The molecule has 3 N–H and O–H groups in total. The Balaban J connectivity index is 1.50. The fourth-order valence-electron chi connectivity index (χ4n) is 5.23. The molecule has 1 saturated carbocycles. The van der Waals surface area contributed by atoms with Crippen LogP contribution in [0, 0.1) is 12.8 Å². The number of urea groups is 1. The fourth-order valence-corrected chi connectivity index (χ4v) is 6.08. The van der Waals surface area contributed by atoms with Crippen molar-refractivity contribution < 1.29 is 14.4 Å². The van der Waals surface area contributed by atoms with E-state index in [2.05, 4.69) is 38.0 Å². The number of aromatic nitrogens is 1. The molecule has 8 nitrogen and oxygen atoms in total. The van der Waals surface area contributed by atoms with E-state index in [4.69, 9.17) is 0 Å². The smallest absolute Gasteiger partial charge is 0.321 e. The number of carbonyl (C=O) groups excluding carboxylic acids is 3. The van der Waals surface area contributed by atoms with Crippen LogP contribution in [-0.4, -0.2) is 59.3 Å². The van der Waals surface area contributed by atoms with E-state index in [0.29, 0.717) is 28.8 Å². The zero-order chi connectivity index (χ0) is 24.1. The lowest BCUT2D eigenvalue weighted by atomic mass is 9.77. The van der Waals surface area contributed by atoms with E-state index in [0.717, 1.165) is 38.6 Å². The number of benzene rings is 1. The Morgan fingerprint density at radius 1 is 1.24 bits per heavy atom. The van der Waals surface area contributed by atoms with Crippen molar-refractivity contribution >= 4 is 34.2 Å². The molecule has 2 heterocycles. The molecule has 9 heteroatoms. The molecule has 34 heavy (non-hydrogen) atoms. The number of ketones is 1. The third-order valence-corrected chi connectivity index (χ3v) is 7.97. The quantitative estimate of drug-likeness (QED) is 0.524. The number of thiazole rings is 1. The van der Waals surface area contributed by atoms with Crippen LogP contribution in [0.1, 0.15) is 53.5 Å². The predicted octanol–water partition coefficient (Wildman–Crippen LogP) is 3.38. The van der Waals surface area contributed by atoms with Crippen LogP contribution in [0.2, 0.25) is 0 Å². The summed E-state index contributed by atoms with van der Waals surface area (Å²) >= 11 is 1.20. The summed E-state index contributed by atoms with van der Waals surface area (Å²) < 4.78 is 0. The van der Waals surface area contributed by atoms with Crippen LogP contribution in [0.25, 0.3) is 0 Å². The largest absolute Gasteiger partial charge is 0.354 e. The highest BCUT2D eigenvalue weighted by molar-refractivity contribution is 7.17. The third kappa shape index (κ3) is 6.01. The summed E-state index contributed by atoms with van der Waals surface area (Å²) in [5.41, 5.74) is 1.87. The Morgan fingerprint density at radius 2 is 2.00 bits per heavy atom. The first-order valence-corrected chi connectivity index (χ1v) is 12.8. The van der Waals surface area contributed by atoms with Crippen LogP contribution < -0.4 is 16.0 Å². The van der Waals surface area contributed by atoms with Gasteiger partial charge in [0.25, 0.3) is 0 Å². The number of hydrogen-bond acceptors (Lipinski definition) is 6. The maximum atomic E-state index is 12.9. The minimum atomic E-state index is -0.296. The van der Waals surface area contributed by atoms with Crippen molar-refractivity contribution in [3.63, 3.8) is 0 Å². The lowest BCUT2D eigenvalue weighted by Gasteiger charge is -2.44. The maximum Gasteiger partial charge on any atom is 0.321 e. The van der Waals surface area contributed by atoms with Crippen molar-refractivity contribution in [1.82, 2.24) is 20.5 Å². The van der Waals surface area contributed by atoms with E-state index < -0.39 is 0 Å². The van der Waals surface area contributed by atoms with Gasteiger partial charge in [-0.15, -0.1) is 0 Å². The van der Waals surface area contributed by atoms with Gasteiger partial charge < -0.3 is 10.6 Å². The van der Waals surface area contributed by atoms with Gasteiger partial charge >= 0.3 is 6.03 Å². The lowest BCUT2D eigenvalue weighted by Crippen LogP contribution is -2.58. The number of nitrogens with zero attached hydrogens (tertiary/aromatic N) is 2. The normalized spacial score (nSPS) is 22.0. The second-order valence-corrected chi connectivity index (χ2v) is 10.2. The van der Waals surface area contributed by atoms with Crippen LogP contribution >= 0.6 is 11.3 Å². The highest BCUT2D eigenvalue weighted by Gasteiger charge is 2.37. The molecule has 2 fully saturated rings. The minimum Gasteiger partial charge on any atom is -0.354 e. The van der Waals surface area contributed by atoms with E-state index in [9.17, 15) is 14.4 Å². The second-order valence-electron chi connectivity index (χ2n) is 9.22. The van der Waals surface area contributed by atoms with Gasteiger partial charge in [0.1, 0.15) is 0 Å². The Hall–Kier alpha value is -2.78. The zero-order valence-electron chi connectivity index (χ0n) is 19.8. The van der Waals surface area contributed by atoms with Crippen LogP contribution in [-0.2, 0) is 11.2 Å². The summed E-state index contributed by atoms with van der Waals surface area (Å²) in [6.45, 7) is 5.13. The molecule has 0 bridgehead atoms. The molecule has 0 spiro atoms. The average molecular weight is 484 g/mol. The number of nitrogens with one attached hydrogen (secondary N) is 3. The monoisotopic (exact) mass is 483 g/mol. The van der Waals surface area contributed by atoms with E-state index in [1.54, 1.807) is 6.92 Å². The first-order valence-electron chi connectivity index (χ1n) is 12.0. The number of piperazine rings is 1. The van der Waals surface area contributed by atoms with Crippen molar-refractivity contribution in [3.8, 4) is 0 Å². The molecule has 1 unspecified atom stereocenters. The molecule has 1 aromatic heterocycles. The van der Waals surface area contributed by atoms with Crippen molar-refractivity contribution in [1.29, 1.82) is 0 Å². The third-order valence-electron chi connectivity index (χ3n) is 6.79. The number of Topliss-reactive ketones (excluding diaryl/α,β-unsaturated/α-hetero) is 1. The maximum absolute atomic E-state index is 12.9. The molecular weight excluding hydrogens is 450 g/mol. The summed E-state index contributed by atoms with van der Waals surface area (Å²) in [7, 11) is 0. The SMILES string of the molecule is CC(=O)c1sc(NC(=O)N[C@@H]2CCCC[C@@H]2C(Cc2ccccc2)N2CCNC(=O)C2)nc1C. The molecule has 3 atom stereocenters. The highest BCUT2D eigenvalue weighted by atomic mass is 32.1. The standard InChI is InChI=1S/C25H33N5O3S/c1-16-23(17(2)31)34-25(27-16)29-24(33)28-20-11-7-6-10-19(20)21(14-18-8-4-3-5-9-18)30-13-12-26-22(32)15-30/h3-5,8-9,19-21H,6-7,10-15H2,1-2H3,(H,26,32)(H2,27,28,29,33)/t19-,20+,21?/m0/s1. The minimum absolute atomic E-state index is 0.000728. The van der Waals surface area contributed by atoms with Crippen LogP contribution in [0.4, 0.5) is 9.93 Å². The van der Waals surface area contributed by atoms with Crippen molar-refractivity contribution in [3.05, 3.63) is 46.5 Å². The Labute approximate surface area is 204 Å². The molecule has 1 aliphatic heterocycles. The molecule has 1 aromatic carbocycles. The number of carbonyl (C=O) groups is 3. The summed E-state index contributed by atoms with van der Waals surface area (Å²) in [4.78, 5) is 44.0. The van der Waals surface area contributed by atoms with Gasteiger partial charge in [-0.2, -0.15) is 0 Å². The van der Waals surface area contributed by atoms with Gasteiger partial charge in [-0.3, -0.25) is 19.8 Å². The number of anilines is 1. The predicted molar refractivity (Wildman–Crippen MR) is 133 cm³/mol. The van der Waals surface area contributed by atoms with Crippen molar-refractivity contribution in [2.75, 3.05) is 25.0 Å². The number of rotatable bonds is 7. The Morgan fingerprint density at radius 3 is 2.71 bits per heavy atom. The first kappa shape index (κ1) is 24.3. The molecule has 2 aromatic rings. The van der Waals surface area contributed by atoms with Crippen LogP contribution in [0.3, 0.4) is 0 Å². The fraction of sp³-hybridized carbons (Fsp3) is 0.520. The number of hydrogen-bond donors (Lipinski definition) is 3. The second kappa shape index (κ2) is 11.1. The first-order chi connectivity index (χ1) is 16.4. The number of amides is 3. The molecule has 3 amide bonds. The molecule has 1 aliphatic carbocycles. The average Bonchev–Trinajstić information content (AvgIpc) is 3.18. The molecule has 0 radical (unpaired) electrons. The van der Waals surface area contributed by atoms with Gasteiger partial charge in [0.2, 0.25) is 5.91 Å². The summed E-state index contributed by atoms with van der Waals surface area (Å²) in [6.07, 6.45) is 4.92. The van der Waals surface area contributed by atoms with Gasteiger partial charge in [0.05, 0.1) is 17.1 Å². The van der Waals surface area contributed by atoms with E-state index in [-0.39, 0.29) is 35.7 Å². The number of aryl methyl sites for hydroxylation is 1. The topological polar surface area (TPSA) is 103 Å². The summed E-state index contributed by atoms with van der Waals surface area (Å²) in [5, 5.41) is 9.39. The summed E-state index contributed by atoms with van der Waals surface area (Å²) in [5.74, 6) is 0.240. The molecule has 182 valence electrons. The van der Waals surface area contributed by atoms with Crippen LogP contribution in [0.15, 0.2) is 30.3 Å². The Kier molecular flexibility index (Phi) is 7.95. The molecule has 1 saturated heterocycles. The lowest BCUT2D eigenvalue weighted by molar-refractivity contribution is -0.125. The summed E-state index contributed by atoms with van der Waals surface area (Å²) in [6, 6.07) is 10.2. The Bertz CT molecular complexity index is 1020.